The summed E-state index contributed by atoms with van der Waals surface area (Å²) in [5.41, 5.74) is 1.14. The molecule has 0 radical (unpaired) electrons. The van der Waals surface area contributed by atoms with E-state index in [0.29, 0.717) is 23.7 Å². The number of rotatable bonds is 5. The molecule has 2 aliphatic rings. The highest BCUT2D eigenvalue weighted by molar-refractivity contribution is 8.01. The molecule has 1 fully saturated rings. The average molecular weight is 461 g/mol. The van der Waals surface area contributed by atoms with Crippen molar-refractivity contribution >= 4 is 39.3 Å². The maximum absolute atomic E-state index is 12.9. The van der Waals surface area contributed by atoms with Gasteiger partial charge in [0, 0.05) is 36.9 Å². The van der Waals surface area contributed by atoms with Crippen LogP contribution in [0.15, 0.2) is 52.5 Å². The van der Waals surface area contributed by atoms with Gasteiger partial charge in [0.2, 0.25) is 21.8 Å². The van der Waals surface area contributed by atoms with Crippen molar-refractivity contribution in [1.29, 1.82) is 0 Å². The van der Waals surface area contributed by atoms with Crippen LogP contribution in [0.4, 0.5) is 5.69 Å². The summed E-state index contributed by atoms with van der Waals surface area (Å²) in [6, 6.07) is 8.07. The van der Waals surface area contributed by atoms with Crippen molar-refractivity contribution in [2.24, 2.45) is 0 Å². The lowest BCUT2D eigenvalue weighted by atomic mass is 10.2. The van der Waals surface area contributed by atoms with Crippen LogP contribution in [0.5, 0.6) is 0 Å². The van der Waals surface area contributed by atoms with Crippen LogP contribution in [0.2, 0.25) is 0 Å². The summed E-state index contributed by atoms with van der Waals surface area (Å²) in [7, 11) is -3.77. The van der Waals surface area contributed by atoms with E-state index in [-0.39, 0.29) is 17.3 Å². The van der Waals surface area contributed by atoms with Gasteiger partial charge in [-0.15, -0.1) is 11.8 Å². The molecule has 0 bridgehead atoms. The predicted octanol–water partition coefficient (Wildman–Crippen LogP) is 2.38. The van der Waals surface area contributed by atoms with Crippen molar-refractivity contribution in [2.45, 2.75) is 47.3 Å². The van der Waals surface area contributed by atoms with Gasteiger partial charge in [0.1, 0.15) is 0 Å². The summed E-state index contributed by atoms with van der Waals surface area (Å²) in [5, 5.41) is 1.87. The largest absolute Gasteiger partial charge is 0.341 e. The molecule has 0 unspecified atom stereocenters. The van der Waals surface area contributed by atoms with Crippen LogP contribution in [0.1, 0.15) is 31.2 Å². The number of sulfonamides is 1. The first-order valence-corrected chi connectivity index (χ1v) is 12.6. The third-order valence-electron chi connectivity index (χ3n) is 5.33. The first-order valence-electron chi connectivity index (χ1n) is 10.2. The molecule has 1 aromatic carbocycles. The van der Waals surface area contributed by atoms with Gasteiger partial charge in [-0.2, -0.15) is 0 Å². The van der Waals surface area contributed by atoms with Gasteiger partial charge in [-0.3, -0.25) is 14.6 Å². The summed E-state index contributed by atoms with van der Waals surface area (Å²) in [6.45, 7) is 1.46. The van der Waals surface area contributed by atoms with Crippen LogP contribution in [-0.4, -0.2) is 48.5 Å². The number of carbonyl (C=O) groups is 2. The first kappa shape index (κ1) is 21.8. The Morgan fingerprint density at radius 3 is 2.68 bits per heavy atom. The van der Waals surface area contributed by atoms with Crippen LogP contribution < -0.4 is 10.0 Å². The molecule has 164 valence electrons. The maximum atomic E-state index is 12.9. The summed E-state index contributed by atoms with van der Waals surface area (Å²) in [4.78, 5) is 32.0. The van der Waals surface area contributed by atoms with E-state index < -0.39 is 21.2 Å². The van der Waals surface area contributed by atoms with Crippen LogP contribution in [-0.2, 0) is 26.2 Å². The summed E-state index contributed by atoms with van der Waals surface area (Å²) in [5.74, 6) is -0.588. The second-order valence-corrected chi connectivity index (χ2v) is 10.5. The Morgan fingerprint density at radius 2 is 1.97 bits per heavy atom. The Bertz CT molecular complexity index is 1070. The fourth-order valence-corrected chi connectivity index (χ4v) is 5.74. The lowest BCUT2D eigenvalue weighted by molar-refractivity contribution is -0.133. The number of amides is 2. The highest BCUT2D eigenvalue weighted by Gasteiger charge is 2.36. The normalized spacial score (nSPS) is 19.3. The van der Waals surface area contributed by atoms with Gasteiger partial charge < -0.3 is 10.2 Å². The number of nitrogens with zero attached hydrogens (tertiary/aromatic N) is 2. The number of hydrogen-bond acceptors (Lipinski definition) is 6. The molecular formula is C21H24N4O4S2. The third kappa shape index (κ3) is 5.08. The standard InChI is InChI=1S/C21H24N4O4S2/c26-20-19(21(27)25-10-3-1-2-4-11-25)30-18-8-7-16(12-17(18)24-20)31(28,29)23-14-15-6-5-9-22-13-15/h5-9,12-13,19,23H,1-4,10-11,14H2,(H,24,26)/t19-/m0/s1. The van der Waals surface area contributed by atoms with Crippen molar-refractivity contribution in [3.8, 4) is 0 Å². The minimum atomic E-state index is -3.77. The molecule has 0 saturated carbocycles. The van der Waals surface area contributed by atoms with Gasteiger partial charge >= 0.3 is 0 Å². The van der Waals surface area contributed by atoms with Crippen LogP contribution >= 0.6 is 11.8 Å². The zero-order chi connectivity index (χ0) is 21.8. The van der Waals surface area contributed by atoms with Crippen LogP contribution in [0, 0.1) is 0 Å². The number of carbonyl (C=O) groups excluding carboxylic acids is 2. The molecule has 8 nitrogen and oxygen atoms in total. The average Bonchev–Trinajstić information content (AvgIpc) is 3.07. The molecule has 1 aromatic heterocycles. The lowest BCUT2D eigenvalue weighted by Crippen LogP contribution is -2.45. The monoisotopic (exact) mass is 460 g/mol. The van der Waals surface area contributed by atoms with Gasteiger partial charge in [-0.1, -0.05) is 18.9 Å². The molecule has 10 heteroatoms. The van der Waals surface area contributed by atoms with E-state index in [9.17, 15) is 18.0 Å². The van der Waals surface area contributed by atoms with Crippen molar-refractivity contribution in [2.75, 3.05) is 18.4 Å². The molecule has 31 heavy (non-hydrogen) atoms. The summed E-state index contributed by atoms with van der Waals surface area (Å²) in [6.07, 6.45) is 7.31. The number of thioether (sulfide) groups is 1. The molecule has 0 aliphatic carbocycles. The number of likely N-dealkylation sites (tertiary alicyclic amines) is 1. The number of benzene rings is 1. The molecule has 2 aromatic rings. The molecule has 2 N–H and O–H groups in total. The lowest BCUT2D eigenvalue weighted by Gasteiger charge is -2.28. The molecule has 3 heterocycles. The Balaban J connectivity index is 1.48. The van der Waals surface area contributed by atoms with Gasteiger partial charge in [0.15, 0.2) is 5.25 Å². The highest BCUT2D eigenvalue weighted by atomic mass is 32.2. The Kier molecular flexibility index (Phi) is 6.59. The molecular weight excluding hydrogens is 436 g/mol. The Labute approximate surface area is 185 Å². The van der Waals surface area contributed by atoms with Crippen molar-refractivity contribution < 1.29 is 18.0 Å². The molecule has 1 saturated heterocycles. The Morgan fingerprint density at radius 1 is 1.19 bits per heavy atom. The number of hydrogen-bond donors (Lipinski definition) is 2. The number of pyridine rings is 1. The summed E-state index contributed by atoms with van der Waals surface area (Å²) < 4.78 is 27.9. The molecule has 0 spiro atoms. The minimum absolute atomic E-state index is 0.0494. The van der Waals surface area contributed by atoms with E-state index in [1.54, 1.807) is 35.5 Å². The molecule has 4 rings (SSSR count). The van der Waals surface area contributed by atoms with Gasteiger partial charge in [0.05, 0.1) is 10.6 Å². The van der Waals surface area contributed by atoms with Crippen LogP contribution in [0.25, 0.3) is 0 Å². The fraction of sp³-hybridized carbons (Fsp3) is 0.381. The Hall–Kier alpha value is -2.43. The van der Waals surface area contributed by atoms with E-state index in [0.717, 1.165) is 31.2 Å². The van der Waals surface area contributed by atoms with Gasteiger partial charge in [-0.05, 0) is 42.7 Å². The van der Waals surface area contributed by atoms with Crippen LogP contribution in [0.3, 0.4) is 0 Å². The van der Waals surface area contributed by atoms with Gasteiger partial charge in [0.25, 0.3) is 0 Å². The molecule has 1 atom stereocenters. The maximum Gasteiger partial charge on any atom is 0.247 e. The van der Waals surface area contributed by atoms with E-state index >= 15 is 0 Å². The number of fused-ring (bicyclic) bond motifs is 1. The highest BCUT2D eigenvalue weighted by Crippen LogP contribution is 2.38. The first-order chi connectivity index (χ1) is 14.9. The van der Waals surface area contributed by atoms with E-state index in [1.165, 1.54) is 23.9 Å². The van der Waals surface area contributed by atoms with E-state index in [2.05, 4.69) is 15.0 Å². The summed E-state index contributed by atoms with van der Waals surface area (Å²) >= 11 is 1.18. The molecule has 2 amide bonds. The third-order valence-corrected chi connectivity index (χ3v) is 7.99. The van der Waals surface area contributed by atoms with Gasteiger partial charge in [-0.25, -0.2) is 13.1 Å². The number of aromatic nitrogens is 1. The zero-order valence-corrected chi connectivity index (χ0v) is 18.5. The second kappa shape index (κ2) is 9.37. The second-order valence-electron chi connectivity index (χ2n) is 7.57. The fourth-order valence-electron chi connectivity index (χ4n) is 3.64. The minimum Gasteiger partial charge on any atom is -0.341 e. The topological polar surface area (TPSA) is 108 Å². The number of nitrogens with one attached hydrogen (secondary N) is 2. The smallest absolute Gasteiger partial charge is 0.247 e. The van der Waals surface area contributed by atoms with E-state index in [1.807, 2.05) is 0 Å². The quantitative estimate of drug-likeness (QED) is 0.663. The van der Waals surface area contributed by atoms with Crippen molar-refractivity contribution in [1.82, 2.24) is 14.6 Å². The zero-order valence-electron chi connectivity index (χ0n) is 16.9. The predicted molar refractivity (Wildman–Crippen MR) is 118 cm³/mol. The van der Waals surface area contributed by atoms with E-state index in [4.69, 9.17) is 0 Å². The van der Waals surface area contributed by atoms with Crippen molar-refractivity contribution in [3.63, 3.8) is 0 Å². The van der Waals surface area contributed by atoms with Crippen molar-refractivity contribution in [3.05, 3.63) is 48.3 Å². The SMILES string of the molecule is O=C1Nc2cc(S(=O)(=O)NCc3cccnc3)ccc2S[C@@H]1C(=O)N1CCCCCC1. The molecule has 2 aliphatic heterocycles. The number of anilines is 1.